The van der Waals surface area contributed by atoms with Gasteiger partial charge in [-0.3, -0.25) is 15.1 Å². The topological polar surface area (TPSA) is 105 Å². The number of nitro groups is 1. The molecule has 1 N–H and O–H groups in total. The third-order valence-electron chi connectivity index (χ3n) is 2.65. The molecule has 20 heavy (non-hydrogen) atoms. The van der Waals surface area contributed by atoms with Crippen LogP contribution in [0.25, 0.3) is 0 Å². The number of nitrogens with zero attached hydrogens (tertiary/aromatic N) is 4. The number of anilines is 1. The molecule has 0 saturated heterocycles. The molecule has 2 aromatic heterocycles. The molecule has 0 bridgehead atoms. The average Bonchev–Trinajstić information content (AvgIpc) is 2.48. The molecule has 2 rings (SSSR count). The Morgan fingerprint density at radius 1 is 1.40 bits per heavy atom. The summed E-state index contributed by atoms with van der Waals surface area (Å²) in [6.07, 6.45) is 5.39. The van der Waals surface area contributed by atoms with E-state index in [4.69, 9.17) is 5.26 Å². The zero-order valence-electron chi connectivity index (χ0n) is 10.5. The van der Waals surface area contributed by atoms with Gasteiger partial charge in [0.25, 0.3) is 0 Å². The van der Waals surface area contributed by atoms with Crippen molar-refractivity contribution < 1.29 is 4.92 Å². The van der Waals surface area contributed by atoms with Gasteiger partial charge in [-0.25, -0.2) is 4.98 Å². The van der Waals surface area contributed by atoms with Crippen LogP contribution in [0.3, 0.4) is 0 Å². The minimum absolute atomic E-state index is 0.163. The van der Waals surface area contributed by atoms with Crippen molar-refractivity contribution in [2.45, 2.75) is 6.42 Å². The van der Waals surface area contributed by atoms with Crippen LogP contribution in [0.5, 0.6) is 0 Å². The summed E-state index contributed by atoms with van der Waals surface area (Å²) >= 11 is 0. The molecule has 0 amide bonds. The number of nitrogens with one attached hydrogen (secondary N) is 1. The number of pyridine rings is 2. The van der Waals surface area contributed by atoms with E-state index in [-0.39, 0.29) is 17.1 Å². The van der Waals surface area contributed by atoms with Crippen LogP contribution in [0, 0.1) is 21.4 Å². The third-order valence-corrected chi connectivity index (χ3v) is 2.65. The second-order valence-corrected chi connectivity index (χ2v) is 3.99. The van der Waals surface area contributed by atoms with E-state index in [0.29, 0.717) is 13.0 Å². The summed E-state index contributed by atoms with van der Waals surface area (Å²) in [7, 11) is 0. The van der Waals surface area contributed by atoms with Gasteiger partial charge in [0.2, 0.25) is 5.82 Å². The highest BCUT2D eigenvalue weighted by Crippen LogP contribution is 2.22. The van der Waals surface area contributed by atoms with Crippen LogP contribution in [-0.2, 0) is 6.42 Å². The van der Waals surface area contributed by atoms with E-state index < -0.39 is 4.92 Å². The lowest BCUT2D eigenvalue weighted by molar-refractivity contribution is -0.384. The van der Waals surface area contributed by atoms with E-state index in [0.717, 1.165) is 5.56 Å². The van der Waals surface area contributed by atoms with Gasteiger partial charge < -0.3 is 5.32 Å². The summed E-state index contributed by atoms with van der Waals surface area (Å²) in [6, 6.07) is 6.79. The molecule has 7 nitrogen and oxygen atoms in total. The molecule has 0 radical (unpaired) electrons. The van der Waals surface area contributed by atoms with E-state index >= 15 is 0 Å². The van der Waals surface area contributed by atoms with Gasteiger partial charge >= 0.3 is 5.69 Å². The van der Waals surface area contributed by atoms with E-state index in [2.05, 4.69) is 15.3 Å². The fraction of sp³-hybridized carbons (Fsp3) is 0.154. The number of aromatic nitrogens is 2. The Kier molecular flexibility index (Phi) is 4.19. The maximum Gasteiger partial charge on any atom is 0.312 e. The molecule has 2 aromatic rings. The molecule has 2 heterocycles. The highest BCUT2D eigenvalue weighted by atomic mass is 16.6. The smallest absolute Gasteiger partial charge is 0.312 e. The molecule has 100 valence electrons. The van der Waals surface area contributed by atoms with Gasteiger partial charge in [0, 0.05) is 31.2 Å². The predicted octanol–water partition coefficient (Wildman–Crippen LogP) is 1.91. The summed E-state index contributed by atoms with van der Waals surface area (Å²) in [6.45, 7) is 0.504. The van der Waals surface area contributed by atoms with E-state index in [1.165, 1.54) is 12.3 Å². The molecule has 0 aliphatic carbocycles. The Bertz CT molecular complexity index is 652. The molecule has 0 spiro atoms. The first-order valence-corrected chi connectivity index (χ1v) is 5.88. The van der Waals surface area contributed by atoms with Crippen LogP contribution < -0.4 is 5.32 Å². The molecule has 7 heteroatoms. The van der Waals surface area contributed by atoms with Gasteiger partial charge in [-0.15, -0.1) is 0 Å². The van der Waals surface area contributed by atoms with E-state index in [9.17, 15) is 10.1 Å². The number of nitriles is 1. The second-order valence-electron chi connectivity index (χ2n) is 3.99. The first-order chi connectivity index (χ1) is 9.70. The first-order valence-electron chi connectivity index (χ1n) is 5.88. The zero-order chi connectivity index (χ0) is 14.4. The maximum absolute atomic E-state index is 10.9. The molecular weight excluding hydrogens is 258 g/mol. The predicted molar refractivity (Wildman–Crippen MR) is 72.0 cm³/mol. The Morgan fingerprint density at radius 2 is 2.15 bits per heavy atom. The van der Waals surface area contributed by atoms with Crippen LogP contribution >= 0.6 is 0 Å². The van der Waals surface area contributed by atoms with Gasteiger partial charge in [-0.05, 0) is 24.1 Å². The van der Waals surface area contributed by atoms with E-state index in [1.807, 2.05) is 18.2 Å². The Morgan fingerprint density at radius 3 is 2.80 bits per heavy atom. The molecule has 0 aliphatic heterocycles. The van der Waals surface area contributed by atoms with Crippen molar-refractivity contribution in [1.29, 1.82) is 5.26 Å². The SMILES string of the molecule is N#Cc1cnc(NCCc2ccncc2)c([N+](=O)[O-])c1. The second kappa shape index (κ2) is 6.24. The highest BCUT2D eigenvalue weighted by Gasteiger charge is 2.15. The first kappa shape index (κ1) is 13.4. The summed E-state index contributed by atoms with van der Waals surface area (Å²) < 4.78 is 0. The van der Waals surface area contributed by atoms with Crippen LogP contribution in [0.15, 0.2) is 36.8 Å². The molecule has 0 unspecified atom stereocenters. The normalized spacial score (nSPS) is 9.75. The van der Waals surface area contributed by atoms with Gasteiger partial charge in [0.15, 0.2) is 0 Å². The summed E-state index contributed by atoms with van der Waals surface area (Å²) in [5.74, 6) is 0.169. The quantitative estimate of drug-likeness (QED) is 0.656. The molecule has 0 aromatic carbocycles. The monoisotopic (exact) mass is 269 g/mol. The number of hydrogen-bond donors (Lipinski definition) is 1. The van der Waals surface area contributed by atoms with Gasteiger partial charge in [0.1, 0.15) is 6.07 Å². The molecule has 0 fully saturated rings. The molecule has 0 saturated carbocycles. The highest BCUT2D eigenvalue weighted by molar-refractivity contribution is 5.58. The third kappa shape index (κ3) is 3.26. The molecule has 0 aliphatic rings. The lowest BCUT2D eigenvalue weighted by Crippen LogP contribution is -2.08. The molecule has 0 atom stereocenters. The molecular formula is C13H11N5O2. The van der Waals surface area contributed by atoms with Gasteiger partial charge in [-0.1, -0.05) is 0 Å². The van der Waals surface area contributed by atoms with Crippen LogP contribution in [0.2, 0.25) is 0 Å². The van der Waals surface area contributed by atoms with Crippen molar-refractivity contribution >= 4 is 11.5 Å². The Balaban J connectivity index is 2.06. The standard InChI is InChI=1S/C13H11N5O2/c14-8-11-7-12(18(19)20)13(17-9-11)16-6-3-10-1-4-15-5-2-10/h1-2,4-5,7,9H,3,6H2,(H,16,17). The summed E-state index contributed by atoms with van der Waals surface area (Å²) in [5.41, 5.74) is 1.04. The van der Waals surface area contributed by atoms with Gasteiger partial charge in [0.05, 0.1) is 10.5 Å². The van der Waals surface area contributed by atoms with Crippen molar-refractivity contribution in [1.82, 2.24) is 9.97 Å². The Hall–Kier alpha value is -3.01. The summed E-state index contributed by atoms with van der Waals surface area (Å²) in [5, 5.41) is 22.6. The number of rotatable bonds is 5. The van der Waals surface area contributed by atoms with Crippen molar-refractivity contribution in [3.8, 4) is 6.07 Å². The van der Waals surface area contributed by atoms with Crippen molar-refractivity contribution in [2.75, 3.05) is 11.9 Å². The fourth-order valence-corrected chi connectivity index (χ4v) is 1.66. The van der Waals surface area contributed by atoms with Crippen LogP contribution in [-0.4, -0.2) is 21.4 Å². The van der Waals surface area contributed by atoms with Crippen molar-refractivity contribution in [2.24, 2.45) is 0 Å². The lowest BCUT2D eigenvalue weighted by Gasteiger charge is -2.06. The largest absolute Gasteiger partial charge is 0.364 e. The van der Waals surface area contributed by atoms with E-state index in [1.54, 1.807) is 12.4 Å². The minimum Gasteiger partial charge on any atom is -0.364 e. The van der Waals surface area contributed by atoms with Gasteiger partial charge in [-0.2, -0.15) is 5.26 Å². The minimum atomic E-state index is -0.553. The maximum atomic E-state index is 10.9. The lowest BCUT2D eigenvalue weighted by atomic mass is 10.2. The van der Waals surface area contributed by atoms with Crippen molar-refractivity contribution in [3.63, 3.8) is 0 Å². The summed E-state index contributed by atoms with van der Waals surface area (Å²) in [4.78, 5) is 18.2. The van der Waals surface area contributed by atoms with Crippen LogP contribution in [0.4, 0.5) is 11.5 Å². The fourth-order valence-electron chi connectivity index (χ4n) is 1.66. The Labute approximate surface area is 115 Å². The van der Waals surface area contributed by atoms with Crippen LogP contribution in [0.1, 0.15) is 11.1 Å². The average molecular weight is 269 g/mol. The zero-order valence-corrected chi connectivity index (χ0v) is 10.5. The number of hydrogen-bond acceptors (Lipinski definition) is 6. The van der Waals surface area contributed by atoms with Crippen molar-refractivity contribution in [3.05, 3.63) is 58.0 Å².